The number of ether oxygens (including phenoxy) is 1. The van der Waals surface area contributed by atoms with Crippen LogP contribution in [-0.4, -0.2) is 22.4 Å². The number of nitrogens with one attached hydrogen (secondary N) is 1. The molecule has 5 nitrogen and oxygen atoms in total. The summed E-state index contributed by atoms with van der Waals surface area (Å²) < 4.78 is 29.7. The Labute approximate surface area is 160 Å². The molecule has 2 heterocycles. The van der Waals surface area contributed by atoms with Crippen LogP contribution in [0.5, 0.6) is 5.75 Å². The third-order valence-electron chi connectivity index (χ3n) is 4.50. The Kier molecular flexibility index (Phi) is 4.89. The molecule has 1 atom stereocenters. The normalized spacial score (nSPS) is 15.9. The highest BCUT2D eigenvalue weighted by Gasteiger charge is 2.33. The van der Waals surface area contributed by atoms with Gasteiger partial charge in [0.25, 0.3) is 5.91 Å². The van der Waals surface area contributed by atoms with Gasteiger partial charge in [-0.3, -0.25) is 9.78 Å². The molecule has 7 heteroatoms. The fourth-order valence-electron chi connectivity index (χ4n) is 3.27. The van der Waals surface area contributed by atoms with E-state index in [0.717, 1.165) is 5.56 Å². The summed E-state index contributed by atoms with van der Waals surface area (Å²) in [4.78, 5) is 18.9. The van der Waals surface area contributed by atoms with Gasteiger partial charge in [-0.2, -0.15) is 8.78 Å². The Morgan fingerprint density at radius 1 is 1.11 bits per heavy atom. The van der Waals surface area contributed by atoms with Crippen LogP contribution in [-0.2, 0) is 6.54 Å². The van der Waals surface area contributed by atoms with Crippen molar-refractivity contribution in [2.24, 2.45) is 0 Å². The zero-order valence-electron chi connectivity index (χ0n) is 14.8. The Morgan fingerprint density at radius 3 is 2.75 bits per heavy atom. The number of para-hydroxylation sites is 1. The third-order valence-corrected chi connectivity index (χ3v) is 4.50. The fourth-order valence-corrected chi connectivity index (χ4v) is 3.27. The Morgan fingerprint density at radius 2 is 1.96 bits per heavy atom. The van der Waals surface area contributed by atoms with Gasteiger partial charge in [-0.05, 0) is 41.5 Å². The van der Waals surface area contributed by atoms with Crippen LogP contribution < -0.4 is 10.1 Å². The van der Waals surface area contributed by atoms with E-state index in [9.17, 15) is 13.6 Å². The number of amides is 1. The first-order valence-corrected chi connectivity index (χ1v) is 8.72. The molecular weight excluding hydrogens is 364 g/mol. The third kappa shape index (κ3) is 3.64. The number of aromatic nitrogens is 1. The van der Waals surface area contributed by atoms with Gasteiger partial charge in [-0.1, -0.05) is 30.3 Å². The molecule has 0 saturated heterocycles. The van der Waals surface area contributed by atoms with E-state index in [0.29, 0.717) is 23.4 Å². The molecule has 0 aliphatic carbocycles. The van der Waals surface area contributed by atoms with Crippen molar-refractivity contribution in [1.82, 2.24) is 9.88 Å². The molecule has 1 amide bonds. The van der Waals surface area contributed by atoms with Crippen molar-refractivity contribution >= 4 is 11.6 Å². The van der Waals surface area contributed by atoms with Crippen LogP contribution in [0.15, 0.2) is 73.1 Å². The van der Waals surface area contributed by atoms with Crippen molar-refractivity contribution in [3.05, 3.63) is 89.7 Å². The smallest absolute Gasteiger partial charge is 0.387 e. The van der Waals surface area contributed by atoms with Gasteiger partial charge in [-0.15, -0.1) is 0 Å². The average Bonchev–Trinajstić information content (AvgIpc) is 2.70. The molecule has 0 unspecified atom stereocenters. The van der Waals surface area contributed by atoms with E-state index in [4.69, 9.17) is 0 Å². The van der Waals surface area contributed by atoms with Crippen LogP contribution in [0.3, 0.4) is 0 Å². The van der Waals surface area contributed by atoms with Crippen molar-refractivity contribution in [1.29, 1.82) is 0 Å². The highest BCUT2D eigenvalue weighted by molar-refractivity contribution is 6.01. The molecule has 0 saturated carbocycles. The van der Waals surface area contributed by atoms with Gasteiger partial charge in [0.05, 0.1) is 5.56 Å². The van der Waals surface area contributed by atoms with E-state index >= 15 is 0 Å². The zero-order chi connectivity index (χ0) is 19.5. The van der Waals surface area contributed by atoms with Crippen molar-refractivity contribution in [3.8, 4) is 5.75 Å². The molecule has 1 aromatic heterocycles. The Bertz CT molecular complexity index is 982. The van der Waals surface area contributed by atoms with Crippen LogP contribution in [0.1, 0.15) is 27.7 Å². The molecule has 0 fully saturated rings. The maximum Gasteiger partial charge on any atom is 0.387 e. The monoisotopic (exact) mass is 381 g/mol. The zero-order valence-corrected chi connectivity index (χ0v) is 14.8. The number of hydrogen-bond donors (Lipinski definition) is 1. The molecule has 1 aliphatic heterocycles. The number of nitrogens with zero attached hydrogens (tertiary/aromatic N) is 2. The van der Waals surface area contributed by atoms with E-state index < -0.39 is 12.8 Å². The van der Waals surface area contributed by atoms with Gasteiger partial charge in [-0.25, -0.2) is 0 Å². The number of pyridine rings is 1. The first kappa shape index (κ1) is 17.9. The molecule has 142 valence electrons. The van der Waals surface area contributed by atoms with Gasteiger partial charge in [0.1, 0.15) is 11.9 Å². The van der Waals surface area contributed by atoms with E-state index in [1.807, 2.05) is 18.2 Å². The minimum Gasteiger partial charge on any atom is -0.435 e. The maximum atomic E-state index is 13.2. The molecule has 0 spiro atoms. The molecule has 0 bridgehead atoms. The lowest BCUT2D eigenvalue weighted by Gasteiger charge is -2.38. The molecule has 2 aromatic carbocycles. The number of fused-ring (bicyclic) bond motifs is 1. The van der Waals surface area contributed by atoms with Gasteiger partial charge in [0.2, 0.25) is 0 Å². The minimum atomic E-state index is -2.91. The van der Waals surface area contributed by atoms with Crippen LogP contribution in [0.25, 0.3) is 0 Å². The topological polar surface area (TPSA) is 54.5 Å². The van der Waals surface area contributed by atoms with Crippen LogP contribution in [0.2, 0.25) is 0 Å². The molecule has 4 rings (SSSR count). The number of carbonyl (C=O) groups excluding carboxylic acids is 1. The number of halogens is 2. The van der Waals surface area contributed by atoms with Gasteiger partial charge >= 0.3 is 6.61 Å². The van der Waals surface area contributed by atoms with Crippen LogP contribution >= 0.6 is 0 Å². The second-order valence-electron chi connectivity index (χ2n) is 6.34. The first-order chi connectivity index (χ1) is 13.6. The number of benzene rings is 2. The van der Waals surface area contributed by atoms with E-state index in [2.05, 4.69) is 15.0 Å². The fraction of sp³-hybridized carbons (Fsp3) is 0.143. The second kappa shape index (κ2) is 7.64. The number of hydrogen-bond acceptors (Lipinski definition) is 4. The van der Waals surface area contributed by atoms with E-state index in [-0.39, 0.29) is 11.7 Å². The lowest BCUT2D eigenvalue weighted by molar-refractivity contribution is -0.0499. The van der Waals surface area contributed by atoms with Crippen LogP contribution in [0, 0.1) is 0 Å². The molecule has 1 aliphatic rings. The van der Waals surface area contributed by atoms with Gasteiger partial charge in [0.15, 0.2) is 0 Å². The minimum absolute atomic E-state index is 0.0435. The van der Waals surface area contributed by atoms with E-state index in [1.165, 1.54) is 12.1 Å². The lowest BCUT2D eigenvalue weighted by Crippen LogP contribution is -2.42. The van der Waals surface area contributed by atoms with Gasteiger partial charge < -0.3 is 15.0 Å². The van der Waals surface area contributed by atoms with Gasteiger partial charge in [0, 0.05) is 24.6 Å². The second-order valence-corrected chi connectivity index (χ2v) is 6.34. The molecule has 1 N–H and O–H groups in total. The SMILES string of the molecule is O=C1c2ccccc2N[C@H](c2cccc(OC(F)F)c2)N1Cc1cccnc1. The van der Waals surface area contributed by atoms with Crippen molar-refractivity contribution < 1.29 is 18.3 Å². The number of rotatable bonds is 5. The standard InChI is InChI=1S/C21H17F2N3O2/c22-21(23)28-16-7-3-6-15(11-16)19-25-18-9-2-1-8-17(18)20(27)26(19)13-14-5-4-10-24-12-14/h1-12,19,21,25H,13H2/t19-/m0/s1. The highest BCUT2D eigenvalue weighted by atomic mass is 19.3. The number of alkyl halides is 2. The summed E-state index contributed by atoms with van der Waals surface area (Å²) in [6.45, 7) is -2.60. The van der Waals surface area contributed by atoms with Crippen molar-refractivity contribution in [2.45, 2.75) is 19.3 Å². The predicted octanol–water partition coefficient (Wildman–Crippen LogP) is 4.45. The first-order valence-electron chi connectivity index (χ1n) is 8.72. The number of carbonyl (C=O) groups is 1. The van der Waals surface area contributed by atoms with Crippen molar-refractivity contribution in [3.63, 3.8) is 0 Å². The summed E-state index contributed by atoms with van der Waals surface area (Å²) in [5, 5.41) is 3.34. The summed E-state index contributed by atoms with van der Waals surface area (Å²) in [6.07, 6.45) is 2.82. The largest absolute Gasteiger partial charge is 0.435 e. The molecule has 0 radical (unpaired) electrons. The maximum absolute atomic E-state index is 13.2. The molecule has 3 aromatic rings. The summed E-state index contributed by atoms with van der Waals surface area (Å²) in [5.41, 5.74) is 2.76. The summed E-state index contributed by atoms with van der Waals surface area (Å²) >= 11 is 0. The quantitative estimate of drug-likeness (QED) is 0.710. The van der Waals surface area contributed by atoms with E-state index in [1.54, 1.807) is 47.6 Å². The summed E-state index contributed by atoms with van der Waals surface area (Å²) in [6, 6.07) is 17.3. The Hall–Kier alpha value is -3.48. The Balaban J connectivity index is 1.73. The highest BCUT2D eigenvalue weighted by Crippen LogP contribution is 2.35. The predicted molar refractivity (Wildman–Crippen MR) is 100.0 cm³/mol. The molecule has 28 heavy (non-hydrogen) atoms. The summed E-state index contributed by atoms with van der Waals surface area (Å²) in [5.74, 6) is -0.106. The molecular formula is C21H17F2N3O2. The van der Waals surface area contributed by atoms with Crippen LogP contribution in [0.4, 0.5) is 14.5 Å². The van der Waals surface area contributed by atoms with Crippen molar-refractivity contribution in [2.75, 3.05) is 5.32 Å². The summed E-state index contributed by atoms with van der Waals surface area (Å²) in [7, 11) is 0. The number of anilines is 1. The lowest BCUT2D eigenvalue weighted by atomic mass is 10.0. The average molecular weight is 381 g/mol.